The lowest BCUT2D eigenvalue weighted by Gasteiger charge is -2.10. The minimum absolute atomic E-state index is 0.0268. The van der Waals surface area contributed by atoms with Gasteiger partial charge in [0.1, 0.15) is 5.75 Å². The van der Waals surface area contributed by atoms with Crippen LogP contribution in [0.1, 0.15) is 0 Å². The van der Waals surface area contributed by atoms with Crippen LogP contribution < -0.4 is 15.4 Å². The Kier molecular flexibility index (Phi) is 5.55. The van der Waals surface area contributed by atoms with Gasteiger partial charge < -0.3 is 15.4 Å². The lowest BCUT2D eigenvalue weighted by atomic mass is 10.3. The summed E-state index contributed by atoms with van der Waals surface area (Å²) >= 11 is 5.96. The van der Waals surface area contributed by atoms with Crippen LogP contribution in [0.15, 0.2) is 48.5 Å². The highest BCUT2D eigenvalue weighted by Crippen LogP contribution is 2.20. The Bertz CT molecular complexity index is 636. The first kappa shape index (κ1) is 16.0. The van der Waals surface area contributed by atoms with Crippen LogP contribution in [0.2, 0.25) is 5.02 Å². The van der Waals surface area contributed by atoms with Gasteiger partial charge in [-0.2, -0.15) is 8.78 Å². The summed E-state index contributed by atoms with van der Waals surface area (Å²) in [6.45, 7) is -2.85. The van der Waals surface area contributed by atoms with Crippen LogP contribution >= 0.6 is 11.6 Å². The first-order valence-corrected chi connectivity index (χ1v) is 6.75. The Morgan fingerprint density at radius 3 is 2.45 bits per heavy atom. The van der Waals surface area contributed by atoms with Crippen molar-refractivity contribution in [3.8, 4) is 5.75 Å². The fourth-order valence-electron chi connectivity index (χ4n) is 1.70. The minimum Gasteiger partial charge on any atom is -0.435 e. The van der Waals surface area contributed by atoms with Crippen molar-refractivity contribution in [2.24, 2.45) is 0 Å². The number of amides is 1. The number of hydrogen-bond donors (Lipinski definition) is 2. The summed E-state index contributed by atoms with van der Waals surface area (Å²) in [5.41, 5.74) is 1.13. The fraction of sp³-hybridized carbons (Fsp3) is 0.133. The van der Waals surface area contributed by atoms with Crippen molar-refractivity contribution in [1.29, 1.82) is 0 Å². The molecule has 1 amide bonds. The van der Waals surface area contributed by atoms with E-state index in [2.05, 4.69) is 15.4 Å². The third kappa shape index (κ3) is 4.89. The second kappa shape index (κ2) is 7.61. The number of ether oxygens (including phenoxy) is 1. The highest BCUT2D eigenvalue weighted by Gasteiger charge is 2.06. The molecule has 0 heterocycles. The first-order chi connectivity index (χ1) is 10.5. The van der Waals surface area contributed by atoms with Gasteiger partial charge in [-0.3, -0.25) is 4.79 Å². The van der Waals surface area contributed by atoms with E-state index in [9.17, 15) is 13.6 Å². The lowest BCUT2D eigenvalue weighted by Crippen LogP contribution is -2.21. The van der Waals surface area contributed by atoms with Crippen LogP contribution in [0.3, 0.4) is 0 Å². The normalized spacial score (nSPS) is 10.4. The average molecular weight is 327 g/mol. The summed E-state index contributed by atoms with van der Waals surface area (Å²) in [5, 5.41) is 6.04. The molecule has 116 valence electrons. The van der Waals surface area contributed by atoms with E-state index in [0.717, 1.165) is 0 Å². The zero-order chi connectivity index (χ0) is 15.9. The maximum Gasteiger partial charge on any atom is 0.387 e. The number of para-hydroxylation sites is 1. The predicted octanol–water partition coefficient (Wildman–Crippen LogP) is 3.99. The highest BCUT2D eigenvalue weighted by molar-refractivity contribution is 6.33. The zero-order valence-electron chi connectivity index (χ0n) is 11.4. The summed E-state index contributed by atoms with van der Waals surface area (Å²) in [7, 11) is 0. The quantitative estimate of drug-likeness (QED) is 0.844. The van der Waals surface area contributed by atoms with Crippen molar-refractivity contribution in [2.45, 2.75) is 6.61 Å². The van der Waals surface area contributed by atoms with E-state index < -0.39 is 6.61 Å². The Morgan fingerprint density at radius 1 is 1.14 bits per heavy atom. The van der Waals surface area contributed by atoms with Crippen molar-refractivity contribution >= 4 is 28.9 Å². The molecule has 2 aromatic rings. The van der Waals surface area contributed by atoms with E-state index in [1.807, 2.05) is 0 Å². The molecule has 2 rings (SSSR count). The number of halogens is 3. The molecule has 4 nitrogen and oxygen atoms in total. The van der Waals surface area contributed by atoms with Crippen LogP contribution in [0.25, 0.3) is 0 Å². The molecule has 0 spiro atoms. The van der Waals surface area contributed by atoms with E-state index in [1.54, 1.807) is 24.3 Å². The SMILES string of the molecule is O=C(CNc1ccccc1Cl)Nc1ccc(OC(F)F)cc1. The maximum atomic E-state index is 12.0. The highest BCUT2D eigenvalue weighted by atomic mass is 35.5. The molecule has 0 unspecified atom stereocenters. The molecule has 0 atom stereocenters. The Hall–Kier alpha value is -2.34. The number of rotatable bonds is 6. The molecule has 0 saturated heterocycles. The zero-order valence-corrected chi connectivity index (χ0v) is 12.1. The van der Waals surface area contributed by atoms with Crippen LogP contribution in [0.4, 0.5) is 20.2 Å². The molecule has 0 fully saturated rings. The summed E-state index contributed by atoms with van der Waals surface area (Å²) in [5.74, 6) is -0.260. The molecule has 0 aliphatic rings. The maximum absolute atomic E-state index is 12.0. The Morgan fingerprint density at radius 2 is 1.82 bits per heavy atom. The van der Waals surface area contributed by atoms with Crippen molar-refractivity contribution in [1.82, 2.24) is 0 Å². The second-order valence-corrected chi connectivity index (χ2v) is 4.69. The third-order valence-corrected chi connectivity index (χ3v) is 3.01. The molecule has 0 aliphatic heterocycles. The molecule has 0 aliphatic carbocycles. The van der Waals surface area contributed by atoms with E-state index in [0.29, 0.717) is 16.4 Å². The summed E-state index contributed by atoms with van der Waals surface area (Å²) < 4.78 is 28.2. The summed E-state index contributed by atoms with van der Waals surface area (Å²) in [4.78, 5) is 11.8. The molecule has 0 aromatic heterocycles. The van der Waals surface area contributed by atoms with Gasteiger partial charge in [0.2, 0.25) is 5.91 Å². The van der Waals surface area contributed by atoms with Crippen LogP contribution in [-0.2, 0) is 4.79 Å². The summed E-state index contributed by atoms with van der Waals surface area (Å²) in [6.07, 6.45) is 0. The molecular formula is C15H13ClF2N2O2. The van der Waals surface area contributed by atoms with Crippen molar-refractivity contribution in [2.75, 3.05) is 17.2 Å². The van der Waals surface area contributed by atoms with Crippen molar-refractivity contribution in [3.63, 3.8) is 0 Å². The number of alkyl halides is 2. The number of carbonyl (C=O) groups excluding carboxylic acids is 1. The van der Waals surface area contributed by atoms with E-state index in [4.69, 9.17) is 11.6 Å². The van der Waals surface area contributed by atoms with E-state index in [-0.39, 0.29) is 18.2 Å². The van der Waals surface area contributed by atoms with E-state index >= 15 is 0 Å². The minimum atomic E-state index is -2.87. The molecule has 22 heavy (non-hydrogen) atoms. The van der Waals surface area contributed by atoms with Crippen molar-refractivity contribution in [3.05, 3.63) is 53.6 Å². The first-order valence-electron chi connectivity index (χ1n) is 6.38. The molecule has 2 aromatic carbocycles. The topological polar surface area (TPSA) is 50.4 Å². The van der Waals surface area contributed by atoms with Crippen LogP contribution in [-0.4, -0.2) is 19.1 Å². The Labute approximate surface area is 131 Å². The molecule has 7 heteroatoms. The molecule has 0 saturated carbocycles. The van der Waals surface area contributed by atoms with Gasteiger partial charge >= 0.3 is 6.61 Å². The molecule has 0 bridgehead atoms. The van der Waals surface area contributed by atoms with Gasteiger partial charge in [-0.1, -0.05) is 23.7 Å². The fourth-order valence-corrected chi connectivity index (χ4v) is 1.91. The largest absolute Gasteiger partial charge is 0.435 e. The number of carbonyl (C=O) groups is 1. The van der Waals surface area contributed by atoms with Crippen molar-refractivity contribution < 1.29 is 18.3 Å². The van der Waals surface area contributed by atoms with Gasteiger partial charge in [0.05, 0.1) is 17.3 Å². The third-order valence-electron chi connectivity index (χ3n) is 2.68. The number of nitrogens with one attached hydrogen (secondary N) is 2. The van der Waals surface area contributed by atoms with Gasteiger partial charge in [0.15, 0.2) is 0 Å². The number of anilines is 2. The Balaban J connectivity index is 1.85. The standard InChI is InChI=1S/C15H13ClF2N2O2/c16-12-3-1-2-4-13(12)19-9-14(21)20-10-5-7-11(8-6-10)22-15(17)18/h1-8,15,19H,9H2,(H,20,21). The predicted molar refractivity (Wildman–Crippen MR) is 81.6 cm³/mol. The second-order valence-electron chi connectivity index (χ2n) is 4.28. The molecule has 0 radical (unpaired) electrons. The molecular weight excluding hydrogens is 314 g/mol. The van der Waals surface area contributed by atoms with Gasteiger partial charge in [-0.05, 0) is 36.4 Å². The smallest absolute Gasteiger partial charge is 0.387 e. The molecule has 2 N–H and O–H groups in total. The summed E-state index contributed by atoms with van der Waals surface area (Å²) in [6, 6.07) is 12.7. The monoisotopic (exact) mass is 326 g/mol. The van der Waals surface area contributed by atoms with Gasteiger partial charge in [0, 0.05) is 5.69 Å². The van der Waals surface area contributed by atoms with Crippen LogP contribution in [0.5, 0.6) is 5.75 Å². The van der Waals surface area contributed by atoms with Gasteiger partial charge in [-0.15, -0.1) is 0 Å². The number of benzene rings is 2. The van der Waals surface area contributed by atoms with E-state index in [1.165, 1.54) is 24.3 Å². The number of hydrogen-bond acceptors (Lipinski definition) is 3. The van der Waals surface area contributed by atoms with Gasteiger partial charge in [-0.25, -0.2) is 0 Å². The lowest BCUT2D eigenvalue weighted by molar-refractivity contribution is -0.114. The average Bonchev–Trinajstić information content (AvgIpc) is 2.48. The van der Waals surface area contributed by atoms with Crippen LogP contribution in [0, 0.1) is 0 Å². The van der Waals surface area contributed by atoms with Gasteiger partial charge in [0.25, 0.3) is 0 Å².